The minimum Gasteiger partial charge on any atom is -0.331 e. The van der Waals surface area contributed by atoms with Gasteiger partial charge in [0.05, 0.1) is 6.04 Å². The van der Waals surface area contributed by atoms with Gasteiger partial charge in [0.1, 0.15) is 0 Å². The molecule has 0 spiro atoms. The van der Waals surface area contributed by atoms with Crippen molar-refractivity contribution in [2.45, 2.75) is 57.4 Å². The van der Waals surface area contributed by atoms with Gasteiger partial charge in [-0.1, -0.05) is 18.2 Å². The first-order valence-electron chi connectivity index (χ1n) is 9.87. The van der Waals surface area contributed by atoms with Crippen LogP contribution in [0.2, 0.25) is 0 Å². The number of nitrogens with zero attached hydrogens (tertiary/aromatic N) is 2. The molecule has 2 N–H and O–H groups in total. The molecule has 2 aromatic rings. The number of fused-ring (bicyclic) bond motifs is 1. The Bertz CT molecular complexity index is 747. The third-order valence-electron chi connectivity index (χ3n) is 5.96. The lowest BCUT2D eigenvalue weighted by Gasteiger charge is -2.32. The van der Waals surface area contributed by atoms with Gasteiger partial charge in [-0.25, -0.2) is 4.79 Å². The Morgan fingerprint density at radius 2 is 1.96 bits per heavy atom. The maximum absolute atomic E-state index is 12.7. The number of hydrogen-bond donors (Lipinski definition) is 2. The molecule has 26 heavy (non-hydrogen) atoms. The first-order valence-corrected chi connectivity index (χ1v) is 9.87. The van der Waals surface area contributed by atoms with Gasteiger partial charge in [-0.15, -0.1) is 0 Å². The van der Waals surface area contributed by atoms with Crippen LogP contribution >= 0.6 is 0 Å². The fourth-order valence-electron chi connectivity index (χ4n) is 4.27. The van der Waals surface area contributed by atoms with Gasteiger partial charge < -0.3 is 10.2 Å². The summed E-state index contributed by atoms with van der Waals surface area (Å²) < 4.78 is 0. The quantitative estimate of drug-likeness (QED) is 0.879. The molecule has 1 fully saturated rings. The van der Waals surface area contributed by atoms with Gasteiger partial charge in [0.15, 0.2) is 0 Å². The molecule has 1 aromatic carbocycles. The molecule has 4 rings (SSSR count). The number of aryl methyl sites for hydroxylation is 2. The van der Waals surface area contributed by atoms with E-state index >= 15 is 0 Å². The Morgan fingerprint density at radius 1 is 1.19 bits per heavy atom. The smallest absolute Gasteiger partial charge is 0.317 e. The van der Waals surface area contributed by atoms with Crippen LogP contribution in [0.15, 0.2) is 30.5 Å². The normalized spacial score (nSPS) is 19.0. The third-order valence-corrected chi connectivity index (χ3v) is 5.96. The molecule has 1 unspecified atom stereocenters. The van der Waals surface area contributed by atoms with Crippen molar-refractivity contribution in [3.63, 3.8) is 0 Å². The highest BCUT2D eigenvalue weighted by Crippen LogP contribution is 2.27. The van der Waals surface area contributed by atoms with E-state index in [1.54, 1.807) is 6.20 Å². The molecule has 1 saturated heterocycles. The number of piperidine rings is 1. The molecule has 5 nitrogen and oxygen atoms in total. The van der Waals surface area contributed by atoms with Crippen molar-refractivity contribution in [2.75, 3.05) is 13.1 Å². The average Bonchev–Trinajstić information content (AvgIpc) is 3.22. The maximum atomic E-state index is 12.7. The van der Waals surface area contributed by atoms with E-state index in [1.807, 2.05) is 11.0 Å². The van der Waals surface area contributed by atoms with Gasteiger partial charge in [-0.2, -0.15) is 5.10 Å². The Balaban J connectivity index is 1.33. The minimum atomic E-state index is 0.0417. The lowest BCUT2D eigenvalue weighted by atomic mass is 9.89. The largest absolute Gasteiger partial charge is 0.331 e. The summed E-state index contributed by atoms with van der Waals surface area (Å²) in [6.07, 6.45) is 8.72. The van der Waals surface area contributed by atoms with Crippen LogP contribution in [0.1, 0.15) is 67.0 Å². The van der Waals surface area contributed by atoms with Gasteiger partial charge in [0, 0.05) is 30.9 Å². The highest BCUT2D eigenvalue weighted by atomic mass is 16.2. The summed E-state index contributed by atoms with van der Waals surface area (Å²) in [7, 11) is 0. The zero-order valence-electron chi connectivity index (χ0n) is 15.5. The van der Waals surface area contributed by atoms with Gasteiger partial charge in [-0.3, -0.25) is 5.10 Å². The minimum absolute atomic E-state index is 0.0417. The number of aromatic amines is 1. The van der Waals surface area contributed by atoms with Gasteiger partial charge in [0.2, 0.25) is 0 Å². The number of hydrogen-bond acceptors (Lipinski definition) is 2. The molecular weight excluding hydrogens is 324 g/mol. The molecule has 1 aliphatic carbocycles. The molecule has 0 bridgehead atoms. The lowest BCUT2D eigenvalue weighted by molar-refractivity contribution is 0.178. The molecule has 138 valence electrons. The number of rotatable bonds is 3. The third kappa shape index (κ3) is 3.62. The van der Waals surface area contributed by atoms with E-state index in [0.29, 0.717) is 5.92 Å². The van der Waals surface area contributed by atoms with Crippen molar-refractivity contribution >= 4 is 6.03 Å². The fourth-order valence-corrected chi connectivity index (χ4v) is 4.27. The van der Waals surface area contributed by atoms with Gasteiger partial charge in [0.25, 0.3) is 0 Å². The van der Waals surface area contributed by atoms with Crippen molar-refractivity contribution in [3.05, 3.63) is 52.8 Å². The Hall–Kier alpha value is -2.30. The predicted molar refractivity (Wildman–Crippen MR) is 102 cm³/mol. The lowest BCUT2D eigenvalue weighted by Crippen LogP contribution is -2.44. The van der Waals surface area contributed by atoms with Crippen LogP contribution in [0, 0.1) is 0 Å². The van der Waals surface area contributed by atoms with Crippen LogP contribution < -0.4 is 5.32 Å². The fraction of sp³-hybridized carbons (Fsp3) is 0.524. The first kappa shape index (κ1) is 17.1. The van der Waals surface area contributed by atoms with Crippen molar-refractivity contribution in [2.24, 2.45) is 0 Å². The van der Waals surface area contributed by atoms with Gasteiger partial charge >= 0.3 is 6.03 Å². The second-order valence-electron chi connectivity index (χ2n) is 7.68. The number of benzene rings is 1. The van der Waals surface area contributed by atoms with Crippen LogP contribution in [0.25, 0.3) is 0 Å². The topological polar surface area (TPSA) is 61.0 Å². The number of H-pyrrole nitrogens is 1. The Kier molecular flexibility index (Phi) is 4.96. The number of aromatic nitrogens is 2. The zero-order chi connectivity index (χ0) is 17.9. The van der Waals surface area contributed by atoms with Crippen molar-refractivity contribution in [1.29, 1.82) is 0 Å². The predicted octanol–water partition coefficient (Wildman–Crippen LogP) is 3.94. The van der Waals surface area contributed by atoms with Crippen LogP contribution in [0.4, 0.5) is 4.79 Å². The van der Waals surface area contributed by atoms with Crippen LogP contribution in [-0.2, 0) is 12.8 Å². The van der Waals surface area contributed by atoms with E-state index in [1.165, 1.54) is 48.1 Å². The standard InChI is InChI=1S/C21H28N4O/c1-15(18-7-6-16-4-2-3-5-19(16)14-18)23-21(26)25-12-9-17(10-13-25)20-8-11-22-24-20/h6-8,11,14-15,17H,2-5,9-10,12-13H2,1H3,(H,22,24)(H,23,26). The number of urea groups is 1. The summed E-state index contributed by atoms with van der Waals surface area (Å²) in [6, 6.07) is 8.86. The van der Waals surface area contributed by atoms with Gasteiger partial charge in [-0.05, 0) is 68.2 Å². The summed E-state index contributed by atoms with van der Waals surface area (Å²) in [5.74, 6) is 0.486. The van der Waals surface area contributed by atoms with E-state index in [9.17, 15) is 4.79 Å². The van der Waals surface area contributed by atoms with Crippen LogP contribution in [-0.4, -0.2) is 34.2 Å². The highest BCUT2D eigenvalue weighted by molar-refractivity contribution is 5.74. The molecule has 0 radical (unpaired) electrons. The zero-order valence-corrected chi connectivity index (χ0v) is 15.5. The summed E-state index contributed by atoms with van der Waals surface area (Å²) in [6.45, 7) is 3.68. The number of carbonyl (C=O) groups excluding carboxylic acids is 1. The second-order valence-corrected chi connectivity index (χ2v) is 7.68. The van der Waals surface area contributed by atoms with E-state index in [0.717, 1.165) is 25.9 Å². The summed E-state index contributed by atoms with van der Waals surface area (Å²) in [5.41, 5.74) is 5.36. The summed E-state index contributed by atoms with van der Waals surface area (Å²) >= 11 is 0. The van der Waals surface area contributed by atoms with E-state index in [2.05, 4.69) is 40.6 Å². The molecule has 1 aromatic heterocycles. The van der Waals surface area contributed by atoms with Crippen molar-refractivity contribution < 1.29 is 4.79 Å². The molecule has 2 heterocycles. The Morgan fingerprint density at radius 3 is 2.69 bits per heavy atom. The molecule has 1 aliphatic heterocycles. The first-order chi connectivity index (χ1) is 12.7. The summed E-state index contributed by atoms with van der Waals surface area (Å²) in [4.78, 5) is 14.6. The van der Waals surface area contributed by atoms with Crippen molar-refractivity contribution in [3.8, 4) is 0 Å². The number of likely N-dealkylation sites (tertiary alicyclic amines) is 1. The van der Waals surface area contributed by atoms with E-state index in [4.69, 9.17) is 0 Å². The average molecular weight is 352 g/mol. The van der Waals surface area contributed by atoms with E-state index in [-0.39, 0.29) is 12.1 Å². The molecule has 5 heteroatoms. The Labute approximate surface area is 155 Å². The molecular formula is C21H28N4O. The molecule has 2 aliphatic rings. The summed E-state index contributed by atoms with van der Waals surface area (Å²) in [5, 5.41) is 10.3. The monoisotopic (exact) mass is 352 g/mol. The van der Waals surface area contributed by atoms with Crippen LogP contribution in [0.5, 0.6) is 0 Å². The second kappa shape index (κ2) is 7.52. The highest BCUT2D eigenvalue weighted by Gasteiger charge is 2.25. The van der Waals surface area contributed by atoms with E-state index < -0.39 is 0 Å². The molecule has 1 atom stereocenters. The number of carbonyl (C=O) groups is 1. The van der Waals surface area contributed by atoms with Crippen molar-refractivity contribution in [1.82, 2.24) is 20.4 Å². The SMILES string of the molecule is CC(NC(=O)N1CCC(c2ccn[nH]2)CC1)c1ccc2c(c1)CCCC2. The maximum Gasteiger partial charge on any atom is 0.317 e. The molecule has 2 amide bonds. The number of amides is 2. The number of nitrogens with one attached hydrogen (secondary N) is 2. The molecule has 0 saturated carbocycles. The van der Waals surface area contributed by atoms with Crippen LogP contribution in [0.3, 0.4) is 0 Å².